The number of furan rings is 1. The van der Waals surface area contributed by atoms with Crippen LogP contribution in [0.25, 0.3) is 0 Å². The van der Waals surface area contributed by atoms with Gasteiger partial charge in [-0.1, -0.05) is 27.7 Å². The highest BCUT2D eigenvalue weighted by atomic mass is 16.6. The average molecular weight is 464 g/mol. The number of likely N-dealkylation sites (tertiary alicyclic amines) is 1. The Morgan fingerprint density at radius 2 is 1.97 bits per heavy atom. The third-order valence-corrected chi connectivity index (χ3v) is 7.01. The van der Waals surface area contributed by atoms with E-state index in [0.717, 1.165) is 25.9 Å². The molecule has 1 aromatic rings. The highest BCUT2D eigenvalue weighted by Gasteiger charge is 2.40. The molecule has 0 aliphatic carbocycles. The van der Waals surface area contributed by atoms with E-state index in [0.29, 0.717) is 24.5 Å². The highest BCUT2D eigenvalue weighted by Crippen LogP contribution is 2.32. The van der Waals surface area contributed by atoms with Crippen LogP contribution in [0.1, 0.15) is 52.7 Å². The topological polar surface area (TPSA) is 110 Å². The number of Topliss-reactive ketones (excluding diaryl/α,β-unsaturated/α-hetero) is 1. The van der Waals surface area contributed by atoms with Crippen LogP contribution in [0.2, 0.25) is 0 Å². The molecule has 0 saturated carbocycles. The lowest BCUT2D eigenvalue weighted by Crippen LogP contribution is -2.56. The Morgan fingerprint density at radius 3 is 2.58 bits per heavy atom. The summed E-state index contributed by atoms with van der Waals surface area (Å²) in [4.78, 5) is 40.6. The van der Waals surface area contributed by atoms with Gasteiger partial charge in [-0.3, -0.25) is 9.59 Å². The van der Waals surface area contributed by atoms with Gasteiger partial charge in [0.25, 0.3) is 0 Å². The van der Waals surface area contributed by atoms with E-state index in [1.807, 2.05) is 13.8 Å². The molecule has 2 fully saturated rings. The molecular formula is C24H37N3O6. The number of carbonyl (C=O) groups excluding carboxylic acids is 3. The van der Waals surface area contributed by atoms with E-state index in [1.54, 1.807) is 13.0 Å². The molecule has 1 aromatic heterocycles. The average Bonchev–Trinajstić information content (AvgIpc) is 3.47. The number of carbonyl (C=O) groups is 3. The number of nitrogens with zero attached hydrogens (tertiary/aromatic N) is 1. The summed E-state index contributed by atoms with van der Waals surface area (Å²) in [6, 6.07) is -0.0563. The van der Waals surface area contributed by atoms with Gasteiger partial charge in [-0.25, -0.2) is 4.79 Å². The third-order valence-electron chi connectivity index (χ3n) is 7.01. The number of rotatable bonds is 9. The van der Waals surface area contributed by atoms with Crippen molar-refractivity contribution < 1.29 is 28.3 Å². The summed E-state index contributed by atoms with van der Waals surface area (Å²) < 4.78 is 16.2. The number of ketones is 1. The van der Waals surface area contributed by atoms with Gasteiger partial charge in [-0.05, 0) is 50.6 Å². The number of hydrogen-bond acceptors (Lipinski definition) is 7. The minimum Gasteiger partial charge on any atom is -0.466 e. The molecule has 2 unspecified atom stereocenters. The van der Waals surface area contributed by atoms with Crippen molar-refractivity contribution in [1.82, 2.24) is 15.5 Å². The molecule has 9 heteroatoms. The first-order valence-electron chi connectivity index (χ1n) is 11.8. The molecule has 0 aromatic carbocycles. The van der Waals surface area contributed by atoms with Crippen molar-refractivity contribution in [3.05, 3.63) is 18.1 Å². The molecule has 0 bridgehead atoms. The highest BCUT2D eigenvalue weighted by molar-refractivity contribution is 5.94. The van der Waals surface area contributed by atoms with Gasteiger partial charge in [0, 0.05) is 12.6 Å². The Hall–Kier alpha value is -2.39. The molecule has 2 amide bonds. The van der Waals surface area contributed by atoms with E-state index >= 15 is 0 Å². The van der Waals surface area contributed by atoms with Gasteiger partial charge in [0.1, 0.15) is 24.5 Å². The first-order valence-corrected chi connectivity index (χ1v) is 11.8. The minimum atomic E-state index is -0.872. The van der Waals surface area contributed by atoms with Crippen molar-refractivity contribution in [1.29, 1.82) is 0 Å². The van der Waals surface area contributed by atoms with Crippen molar-refractivity contribution in [2.24, 2.45) is 11.3 Å². The van der Waals surface area contributed by atoms with Gasteiger partial charge in [-0.2, -0.15) is 0 Å². The summed E-state index contributed by atoms with van der Waals surface area (Å²) in [5, 5.41) is 5.55. The standard InChI is InChI=1S/C24H37N3O6/c1-15(2)24(4,5)12-17(25-23(30)33-19-8-11-31-16(19)3)22(29)26-21-18(28)14-32-20(21)13-27-9-6-7-10-27/h8,11,15,17,20-21H,6-7,9-10,12-14H2,1-5H3,(H,25,30)(H,26,29)/t17-,20?,21?/m0/s1. The van der Waals surface area contributed by atoms with Crippen LogP contribution in [0.5, 0.6) is 5.75 Å². The molecule has 33 heavy (non-hydrogen) atoms. The van der Waals surface area contributed by atoms with E-state index in [-0.39, 0.29) is 29.8 Å². The van der Waals surface area contributed by atoms with Gasteiger partial charge < -0.3 is 29.4 Å². The molecule has 184 valence electrons. The Morgan fingerprint density at radius 1 is 1.27 bits per heavy atom. The molecule has 2 saturated heterocycles. The van der Waals surface area contributed by atoms with Crippen molar-refractivity contribution in [2.75, 3.05) is 26.2 Å². The van der Waals surface area contributed by atoms with Crippen LogP contribution < -0.4 is 15.4 Å². The van der Waals surface area contributed by atoms with Gasteiger partial charge >= 0.3 is 6.09 Å². The number of hydrogen-bond donors (Lipinski definition) is 2. The van der Waals surface area contributed by atoms with Gasteiger partial charge in [0.05, 0.1) is 12.4 Å². The summed E-state index contributed by atoms with van der Waals surface area (Å²) in [5.41, 5.74) is -0.244. The summed E-state index contributed by atoms with van der Waals surface area (Å²) in [6.07, 6.45) is 2.93. The lowest BCUT2D eigenvalue weighted by molar-refractivity contribution is -0.128. The van der Waals surface area contributed by atoms with E-state index in [2.05, 4.69) is 29.4 Å². The Labute approximate surface area is 195 Å². The molecule has 3 rings (SSSR count). The fourth-order valence-electron chi connectivity index (χ4n) is 4.11. The van der Waals surface area contributed by atoms with Crippen molar-refractivity contribution in [2.45, 2.75) is 72.1 Å². The molecule has 0 radical (unpaired) electrons. The molecule has 0 spiro atoms. The second kappa shape index (κ2) is 10.7. The SMILES string of the molecule is Cc1occc1OC(=O)N[C@@H](CC(C)(C)C(C)C)C(=O)NC1C(=O)COC1CN1CCCC1. The fourth-order valence-corrected chi connectivity index (χ4v) is 4.11. The molecule has 2 N–H and O–H groups in total. The number of amides is 2. The Kier molecular flexibility index (Phi) is 8.18. The monoisotopic (exact) mass is 463 g/mol. The second-order valence-corrected chi connectivity index (χ2v) is 10.1. The number of aryl methyl sites for hydroxylation is 1. The molecule has 3 heterocycles. The van der Waals surface area contributed by atoms with E-state index < -0.39 is 24.1 Å². The van der Waals surface area contributed by atoms with Crippen molar-refractivity contribution in [3.8, 4) is 5.75 Å². The summed E-state index contributed by atoms with van der Waals surface area (Å²) in [7, 11) is 0. The maximum Gasteiger partial charge on any atom is 0.413 e. The van der Waals surface area contributed by atoms with E-state index in [9.17, 15) is 14.4 Å². The Bertz CT molecular complexity index is 843. The van der Waals surface area contributed by atoms with E-state index in [1.165, 1.54) is 6.26 Å². The van der Waals surface area contributed by atoms with Crippen LogP contribution in [0, 0.1) is 18.3 Å². The first kappa shape index (κ1) is 25.2. The lowest BCUT2D eigenvalue weighted by atomic mass is 9.76. The molecule has 3 atom stereocenters. The van der Waals surface area contributed by atoms with Crippen LogP contribution in [0.3, 0.4) is 0 Å². The normalized spacial score (nSPS) is 22.5. The van der Waals surface area contributed by atoms with Crippen LogP contribution in [0.15, 0.2) is 16.7 Å². The van der Waals surface area contributed by atoms with Gasteiger partial charge in [0.2, 0.25) is 5.91 Å². The van der Waals surface area contributed by atoms with E-state index in [4.69, 9.17) is 13.9 Å². The first-order chi connectivity index (χ1) is 15.6. The van der Waals surface area contributed by atoms with Gasteiger partial charge in [-0.15, -0.1) is 0 Å². The molecule has 2 aliphatic heterocycles. The van der Waals surface area contributed by atoms with Crippen molar-refractivity contribution in [3.63, 3.8) is 0 Å². The predicted molar refractivity (Wildman–Crippen MR) is 122 cm³/mol. The summed E-state index contributed by atoms with van der Waals surface area (Å²) in [5.74, 6) is 0.457. The maximum absolute atomic E-state index is 13.3. The zero-order chi connectivity index (χ0) is 24.2. The Balaban J connectivity index is 1.69. The molecule has 9 nitrogen and oxygen atoms in total. The molecular weight excluding hydrogens is 426 g/mol. The largest absolute Gasteiger partial charge is 0.466 e. The lowest BCUT2D eigenvalue weighted by Gasteiger charge is -2.33. The van der Waals surface area contributed by atoms with Crippen LogP contribution in [0.4, 0.5) is 4.79 Å². The number of ether oxygens (including phenoxy) is 2. The van der Waals surface area contributed by atoms with Crippen LogP contribution in [-0.4, -0.2) is 67.1 Å². The van der Waals surface area contributed by atoms with Crippen LogP contribution in [-0.2, 0) is 14.3 Å². The van der Waals surface area contributed by atoms with Gasteiger partial charge in [0.15, 0.2) is 11.5 Å². The fraction of sp³-hybridized carbons (Fsp3) is 0.708. The maximum atomic E-state index is 13.3. The zero-order valence-electron chi connectivity index (χ0n) is 20.3. The summed E-state index contributed by atoms with van der Waals surface area (Å²) in [6.45, 7) is 12.5. The minimum absolute atomic E-state index is 0.0131. The van der Waals surface area contributed by atoms with Crippen molar-refractivity contribution >= 4 is 17.8 Å². The predicted octanol–water partition coefficient (Wildman–Crippen LogP) is 2.67. The van der Waals surface area contributed by atoms with Crippen LogP contribution >= 0.6 is 0 Å². The number of nitrogens with one attached hydrogen (secondary N) is 2. The molecule has 2 aliphatic rings. The second-order valence-electron chi connectivity index (χ2n) is 10.1. The zero-order valence-corrected chi connectivity index (χ0v) is 20.3. The smallest absolute Gasteiger partial charge is 0.413 e. The quantitative estimate of drug-likeness (QED) is 0.579. The third kappa shape index (κ3) is 6.57. The summed E-state index contributed by atoms with van der Waals surface area (Å²) >= 11 is 0.